The van der Waals surface area contributed by atoms with Gasteiger partial charge in [-0.1, -0.05) is 13.8 Å². The third-order valence-electron chi connectivity index (χ3n) is 7.12. The molecule has 1 saturated heterocycles. The fraction of sp³-hybridized carbons (Fsp3) is 0.538. The van der Waals surface area contributed by atoms with Gasteiger partial charge in [0.2, 0.25) is 10.0 Å². The Morgan fingerprint density at radius 3 is 2.44 bits per heavy atom. The molecule has 2 aromatic heterocycles. The van der Waals surface area contributed by atoms with Crippen molar-refractivity contribution in [2.24, 2.45) is 11.7 Å². The first-order valence-corrected chi connectivity index (χ1v) is 14.5. The minimum absolute atomic E-state index is 0.291. The number of nitrogens with one attached hydrogen (secondary N) is 2. The van der Waals surface area contributed by atoms with Crippen LogP contribution in [0.15, 0.2) is 41.4 Å². The SMILES string of the molecule is CC(C)Cc1cnc2c(Nc3ccc(S(=O)(=O)N4CCCC4)cc3)cc(NC3CCC(N)CC3)nn12. The van der Waals surface area contributed by atoms with Gasteiger partial charge in [0, 0.05) is 36.9 Å². The van der Waals surface area contributed by atoms with Crippen LogP contribution in [0.25, 0.3) is 5.65 Å². The highest BCUT2D eigenvalue weighted by Gasteiger charge is 2.27. The zero-order valence-electron chi connectivity index (χ0n) is 21.2. The maximum Gasteiger partial charge on any atom is 0.243 e. The topological polar surface area (TPSA) is 118 Å². The van der Waals surface area contributed by atoms with Crippen LogP contribution in [-0.4, -0.2) is 52.5 Å². The van der Waals surface area contributed by atoms with Crippen LogP contribution < -0.4 is 16.4 Å². The second-order valence-corrected chi connectivity index (χ2v) is 12.5. The molecule has 1 saturated carbocycles. The van der Waals surface area contributed by atoms with Crippen molar-refractivity contribution in [3.63, 3.8) is 0 Å². The van der Waals surface area contributed by atoms with Crippen LogP contribution in [0.3, 0.4) is 0 Å². The summed E-state index contributed by atoms with van der Waals surface area (Å²) in [6.45, 7) is 5.56. The van der Waals surface area contributed by atoms with E-state index in [4.69, 9.17) is 10.8 Å². The number of hydrogen-bond donors (Lipinski definition) is 3. The molecule has 2 fully saturated rings. The molecule has 2 aliphatic rings. The normalized spacial score (nSPS) is 21.3. The second kappa shape index (κ2) is 10.4. The lowest BCUT2D eigenvalue weighted by Crippen LogP contribution is -2.33. The summed E-state index contributed by atoms with van der Waals surface area (Å²) in [5.74, 6) is 1.27. The predicted molar refractivity (Wildman–Crippen MR) is 143 cm³/mol. The van der Waals surface area contributed by atoms with Gasteiger partial charge in [0.1, 0.15) is 5.82 Å². The van der Waals surface area contributed by atoms with E-state index in [1.165, 1.54) is 0 Å². The molecule has 1 aromatic carbocycles. The molecule has 0 amide bonds. The molecule has 3 heterocycles. The van der Waals surface area contributed by atoms with E-state index in [1.807, 2.05) is 28.9 Å². The number of fused-ring (bicyclic) bond motifs is 1. The molecule has 0 atom stereocenters. The number of nitrogens with two attached hydrogens (primary N) is 1. The van der Waals surface area contributed by atoms with Gasteiger partial charge in [-0.25, -0.2) is 17.9 Å². The quantitative estimate of drug-likeness (QED) is 0.416. The zero-order chi connectivity index (χ0) is 25.3. The van der Waals surface area contributed by atoms with Gasteiger partial charge in [-0.3, -0.25) is 0 Å². The predicted octanol–water partition coefficient (Wildman–Crippen LogP) is 4.14. The molecular formula is C26H37N7O2S. The van der Waals surface area contributed by atoms with Crippen molar-refractivity contribution in [2.75, 3.05) is 23.7 Å². The first-order valence-electron chi connectivity index (χ1n) is 13.1. The number of imidazole rings is 1. The van der Waals surface area contributed by atoms with Crippen molar-refractivity contribution in [1.82, 2.24) is 18.9 Å². The summed E-state index contributed by atoms with van der Waals surface area (Å²) >= 11 is 0. The third-order valence-corrected chi connectivity index (χ3v) is 9.03. The number of anilines is 3. The number of nitrogens with zero attached hydrogens (tertiary/aromatic N) is 4. The molecule has 0 radical (unpaired) electrons. The summed E-state index contributed by atoms with van der Waals surface area (Å²) in [6.07, 6.45) is 8.69. The van der Waals surface area contributed by atoms with Crippen LogP contribution in [-0.2, 0) is 16.4 Å². The number of benzene rings is 1. The first kappa shape index (κ1) is 25.0. The summed E-state index contributed by atoms with van der Waals surface area (Å²) in [5.41, 5.74) is 9.52. The smallest absolute Gasteiger partial charge is 0.243 e. The van der Waals surface area contributed by atoms with Crippen LogP contribution >= 0.6 is 0 Å². The number of rotatable bonds is 8. The summed E-state index contributed by atoms with van der Waals surface area (Å²) in [4.78, 5) is 4.99. The highest BCUT2D eigenvalue weighted by molar-refractivity contribution is 7.89. The zero-order valence-corrected chi connectivity index (χ0v) is 22.0. The standard InChI is InChI=1S/C26H37N7O2S/c1-18(2)15-22-17-28-26-24(16-25(31-33(22)26)30-21-7-5-19(27)6-8-21)29-20-9-11-23(12-10-20)36(34,35)32-13-3-4-14-32/h9-12,16-19,21,29H,3-8,13-15,27H2,1-2H3,(H,30,31). The van der Waals surface area contributed by atoms with Crippen LogP contribution in [0.5, 0.6) is 0 Å². The maximum atomic E-state index is 12.9. The summed E-state index contributed by atoms with van der Waals surface area (Å²) in [7, 11) is -3.44. The Labute approximate surface area is 213 Å². The van der Waals surface area contributed by atoms with Gasteiger partial charge in [-0.15, -0.1) is 5.10 Å². The fourth-order valence-corrected chi connectivity index (χ4v) is 6.67. The van der Waals surface area contributed by atoms with Crippen molar-refractivity contribution < 1.29 is 8.42 Å². The average molecular weight is 512 g/mol. The molecule has 4 N–H and O–H groups in total. The second-order valence-electron chi connectivity index (χ2n) is 10.5. The van der Waals surface area contributed by atoms with Crippen LogP contribution in [0.2, 0.25) is 0 Å². The Bertz CT molecular complexity index is 1290. The molecule has 0 bridgehead atoms. The summed E-state index contributed by atoms with van der Waals surface area (Å²) in [5, 5.41) is 11.9. The fourth-order valence-electron chi connectivity index (χ4n) is 5.15. The Morgan fingerprint density at radius 2 is 1.78 bits per heavy atom. The Hall–Kier alpha value is -2.69. The number of sulfonamides is 1. The van der Waals surface area contributed by atoms with Gasteiger partial charge in [0.05, 0.1) is 22.5 Å². The largest absolute Gasteiger partial charge is 0.366 e. The monoisotopic (exact) mass is 511 g/mol. The van der Waals surface area contributed by atoms with Gasteiger partial charge in [-0.2, -0.15) is 4.31 Å². The molecule has 0 spiro atoms. The van der Waals surface area contributed by atoms with E-state index in [0.29, 0.717) is 36.0 Å². The molecule has 10 heteroatoms. The van der Waals surface area contributed by atoms with E-state index in [1.54, 1.807) is 16.4 Å². The summed E-state index contributed by atoms with van der Waals surface area (Å²) < 4.78 is 29.3. The van der Waals surface area contributed by atoms with E-state index < -0.39 is 10.0 Å². The van der Waals surface area contributed by atoms with Crippen molar-refractivity contribution in [3.8, 4) is 0 Å². The van der Waals surface area contributed by atoms with Crippen LogP contribution in [0.4, 0.5) is 17.2 Å². The van der Waals surface area contributed by atoms with Crippen molar-refractivity contribution >= 4 is 32.9 Å². The Balaban J connectivity index is 1.42. The highest BCUT2D eigenvalue weighted by atomic mass is 32.2. The first-order chi connectivity index (χ1) is 17.3. The van der Waals surface area contributed by atoms with Crippen molar-refractivity contribution in [2.45, 2.75) is 75.8 Å². The molecule has 194 valence electrons. The third kappa shape index (κ3) is 5.35. The maximum absolute atomic E-state index is 12.9. The minimum Gasteiger partial charge on any atom is -0.366 e. The van der Waals surface area contributed by atoms with Crippen LogP contribution in [0, 0.1) is 5.92 Å². The van der Waals surface area contributed by atoms with Crippen molar-refractivity contribution in [3.05, 3.63) is 42.2 Å². The van der Waals surface area contributed by atoms with Gasteiger partial charge < -0.3 is 16.4 Å². The lowest BCUT2D eigenvalue weighted by atomic mass is 9.92. The van der Waals surface area contributed by atoms with E-state index in [0.717, 1.165) is 73.5 Å². The molecular weight excluding hydrogens is 474 g/mol. The average Bonchev–Trinajstić information content (AvgIpc) is 3.52. The van der Waals surface area contributed by atoms with E-state index in [-0.39, 0.29) is 0 Å². The van der Waals surface area contributed by atoms with Gasteiger partial charge in [0.15, 0.2) is 5.65 Å². The molecule has 1 aliphatic carbocycles. The van der Waals surface area contributed by atoms with E-state index in [2.05, 4.69) is 29.5 Å². The number of hydrogen-bond acceptors (Lipinski definition) is 7. The number of aromatic nitrogens is 3. The highest BCUT2D eigenvalue weighted by Crippen LogP contribution is 2.28. The van der Waals surface area contributed by atoms with E-state index in [9.17, 15) is 8.42 Å². The lowest BCUT2D eigenvalue weighted by Gasteiger charge is -2.27. The molecule has 36 heavy (non-hydrogen) atoms. The van der Waals surface area contributed by atoms with Crippen molar-refractivity contribution in [1.29, 1.82) is 0 Å². The molecule has 9 nitrogen and oxygen atoms in total. The van der Waals surface area contributed by atoms with Crippen LogP contribution in [0.1, 0.15) is 58.1 Å². The molecule has 3 aromatic rings. The Kier molecular flexibility index (Phi) is 7.18. The lowest BCUT2D eigenvalue weighted by molar-refractivity contribution is 0.410. The van der Waals surface area contributed by atoms with Gasteiger partial charge >= 0.3 is 0 Å². The summed E-state index contributed by atoms with van der Waals surface area (Å²) in [6, 6.07) is 9.60. The Morgan fingerprint density at radius 1 is 1.08 bits per heavy atom. The molecule has 5 rings (SSSR count). The minimum atomic E-state index is -3.44. The molecule has 1 aliphatic heterocycles. The molecule has 0 unspecified atom stereocenters. The van der Waals surface area contributed by atoms with Gasteiger partial charge in [0.25, 0.3) is 0 Å². The van der Waals surface area contributed by atoms with Gasteiger partial charge in [-0.05, 0) is 75.1 Å². The van der Waals surface area contributed by atoms with E-state index >= 15 is 0 Å².